The fourth-order valence-corrected chi connectivity index (χ4v) is 5.11. The summed E-state index contributed by atoms with van der Waals surface area (Å²) in [5, 5.41) is 17.5. The van der Waals surface area contributed by atoms with Crippen molar-refractivity contribution in [2.24, 2.45) is 5.73 Å². The molecular weight excluding hydrogens is 520 g/mol. The summed E-state index contributed by atoms with van der Waals surface area (Å²) < 4.78 is 30.1. The number of imidazole rings is 1. The Bertz CT molecular complexity index is 1540. The van der Waals surface area contributed by atoms with E-state index < -0.39 is 23.9 Å². The summed E-state index contributed by atoms with van der Waals surface area (Å²) in [6.45, 7) is 3.51. The molecule has 0 spiro atoms. The van der Waals surface area contributed by atoms with Gasteiger partial charge in [-0.15, -0.1) is 0 Å². The predicted molar refractivity (Wildman–Crippen MR) is 136 cm³/mol. The van der Waals surface area contributed by atoms with Crippen LogP contribution in [0.3, 0.4) is 0 Å². The Labute approximate surface area is 221 Å². The van der Waals surface area contributed by atoms with Crippen molar-refractivity contribution in [2.75, 3.05) is 25.5 Å². The van der Waals surface area contributed by atoms with Crippen LogP contribution >= 0.6 is 11.6 Å². The number of hydrogen-bond donors (Lipinski definition) is 3. The van der Waals surface area contributed by atoms with Crippen molar-refractivity contribution in [2.45, 2.75) is 36.9 Å². The number of amides is 2. The topological polar surface area (TPSA) is 131 Å². The lowest BCUT2D eigenvalue weighted by Gasteiger charge is -2.20. The first-order valence-electron chi connectivity index (χ1n) is 11.8. The third-order valence-electron chi connectivity index (χ3n) is 6.91. The molecule has 198 valence electrons. The van der Waals surface area contributed by atoms with Gasteiger partial charge in [-0.1, -0.05) is 24.1 Å². The second kappa shape index (κ2) is 9.41. The lowest BCUT2D eigenvalue weighted by molar-refractivity contribution is -0.127. The van der Waals surface area contributed by atoms with Crippen molar-refractivity contribution in [1.82, 2.24) is 24.2 Å². The van der Waals surface area contributed by atoms with Crippen LogP contribution in [0.5, 0.6) is 0 Å². The molecule has 1 saturated carbocycles. The Kier molecular flexibility index (Phi) is 6.36. The molecule has 38 heavy (non-hydrogen) atoms. The van der Waals surface area contributed by atoms with E-state index in [1.807, 2.05) is 0 Å². The number of nitrogens with one attached hydrogen (secondary N) is 1. The zero-order valence-corrected chi connectivity index (χ0v) is 21.0. The number of halogens is 3. The maximum Gasteiger partial charge on any atom is 0.270 e. The summed E-state index contributed by atoms with van der Waals surface area (Å²) >= 11 is 6.43. The summed E-state index contributed by atoms with van der Waals surface area (Å²) in [5.41, 5.74) is 7.11. The van der Waals surface area contributed by atoms with E-state index in [2.05, 4.69) is 33.8 Å². The number of primary amides is 1. The molecule has 3 atom stereocenters. The van der Waals surface area contributed by atoms with E-state index in [1.54, 1.807) is 17.8 Å². The molecule has 1 aliphatic carbocycles. The zero-order chi connectivity index (χ0) is 27.4. The largest absolute Gasteiger partial charge is 0.394 e. The maximum absolute atomic E-state index is 13.6. The molecule has 1 aromatic carbocycles. The molecule has 0 bridgehead atoms. The van der Waals surface area contributed by atoms with E-state index in [0.717, 1.165) is 0 Å². The normalized spacial score (nSPS) is 21.7. The minimum Gasteiger partial charge on any atom is -0.394 e. The van der Waals surface area contributed by atoms with Gasteiger partial charge in [-0.25, -0.2) is 18.4 Å². The summed E-state index contributed by atoms with van der Waals surface area (Å²) in [5.74, 6) is 2.22. The Morgan fingerprint density at radius 3 is 2.74 bits per heavy atom. The van der Waals surface area contributed by atoms with E-state index in [0.29, 0.717) is 28.8 Å². The second-order valence-electron chi connectivity index (χ2n) is 9.26. The fraction of sp³-hybridized carbons (Fsp3) is 0.360. The first kappa shape index (κ1) is 25.7. The minimum atomic E-state index is -2.76. The Hall–Kier alpha value is -3.95. The lowest BCUT2D eigenvalue weighted by Crippen LogP contribution is -2.36. The molecular formula is C25H24ClF2N7O3. The quantitative estimate of drug-likeness (QED) is 0.323. The molecule has 1 saturated heterocycles. The van der Waals surface area contributed by atoms with E-state index in [4.69, 9.17) is 17.3 Å². The molecule has 3 heterocycles. The third kappa shape index (κ3) is 4.27. The summed E-state index contributed by atoms with van der Waals surface area (Å²) in [4.78, 5) is 30.4. The summed E-state index contributed by atoms with van der Waals surface area (Å²) in [6, 6.07) is 1.38. The number of aliphatic hydroxyl groups excluding tert-OH is 1. The molecule has 1 aliphatic heterocycles. The average molecular weight is 544 g/mol. The van der Waals surface area contributed by atoms with Gasteiger partial charge in [0.15, 0.2) is 5.69 Å². The Morgan fingerprint density at radius 2 is 2.13 bits per heavy atom. The van der Waals surface area contributed by atoms with Crippen LogP contribution in [0.2, 0.25) is 5.02 Å². The van der Waals surface area contributed by atoms with Gasteiger partial charge in [0.25, 0.3) is 11.8 Å². The van der Waals surface area contributed by atoms with Gasteiger partial charge in [0, 0.05) is 25.6 Å². The van der Waals surface area contributed by atoms with Gasteiger partial charge in [-0.2, -0.15) is 5.10 Å². The van der Waals surface area contributed by atoms with Crippen molar-refractivity contribution >= 4 is 40.3 Å². The van der Waals surface area contributed by atoms with Crippen LogP contribution in [-0.2, 0) is 4.79 Å². The van der Waals surface area contributed by atoms with Gasteiger partial charge in [0.05, 0.1) is 41.1 Å². The number of nitrogens with zero attached hydrogens (tertiary/aromatic N) is 5. The molecule has 10 nitrogen and oxygen atoms in total. The smallest absolute Gasteiger partial charge is 0.270 e. The Balaban J connectivity index is 1.51. The highest BCUT2D eigenvalue weighted by Gasteiger charge is 2.58. The van der Waals surface area contributed by atoms with Gasteiger partial charge in [0.1, 0.15) is 17.4 Å². The number of likely N-dealkylation sites (tertiary alicyclic amines) is 1. The molecule has 5 rings (SSSR count). The van der Waals surface area contributed by atoms with Crippen molar-refractivity contribution in [3.8, 4) is 11.8 Å². The molecule has 2 aromatic heterocycles. The van der Waals surface area contributed by atoms with Crippen LogP contribution in [0.1, 0.15) is 46.5 Å². The van der Waals surface area contributed by atoms with E-state index in [1.165, 1.54) is 27.9 Å². The van der Waals surface area contributed by atoms with Crippen LogP contribution < -0.4 is 11.1 Å². The van der Waals surface area contributed by atoms with Crippen LogP contribution in [0, 0.1) is 11.8 Å². The number of rotatable bonds is 6. The summed E-state index contributed by atoms with van der Waals surface area (Å²) in [6.07, 6.45) is 2.68. The monoisotopic (exact) mass is 543 g/mol. The van der Waals surface area contributed by atoms with Crippen LogP contribution in [-0.4, -0.2) is 73.3 Å². The van der Waals surface area contributed by atoms with Gasteiger partial charge < -0.3 is 25.6 Å². The molecule has 2 aliphatic rings. The molecule has 0 unspecified atom stereocenters. The number of carbonyl (C=O) groups is 2. The van der Waals surface area contributed by atoms with Crippen molar-refractivity contribution in [1.29, 1.82) is 0 Å². The van der Waals surface area contributed by atoms with Crippen molar-refractivity contribution < 1.29 is 23.5 Å². The van der Waals surface area contributed by atoms with Gasteiger partial charge in [-0.3, -0.25) is 9.59 Å². The number of hydrogen-bond acceptors (Lipinski definition) is 6. The highest BCUT2D eigenvalue weighted by atomic mass is 35.5. The number of nitrogens with two attached hydrogens (primary N) is 1. The average Bonchev–Trinajstić information content (AvgIpc) is 3.29. The van der Waals surface area contributed by atoms with E-state index >= 15 is 0 Å². The van der Waals surface area contributed by atoms with Crippen LogP contribution in [0.4, 0.5) is 14.6 Å². The number of anilines is 1. The van der Waals surface area contributed by atoms with Crippen LogP contribution in [0.25, 0.3) is 11.0 Å². The summed E-state index contributed by atoms with van der Waals surface area (Å²) in [7, 11) is 1.60. The number of aliphatic hydroxyl groups is 1. The molecule has 4 N–H and O–H groups in total. The number of alkyl halides is 2. The highest BCUT2D eigenvalue weighted by molar-refractivity contribution is 6.32. The molecule has 0 radical (unpaired) electrons. The van der Waals surface area contributed by atoms with Gasteiger partial charge in [0.2, 0.25) is 5.91 Å². The first-order valence-corrected chi connectivity index (χ1v) is 12.2. The Morgan fingerprint density at radius 1 is 1.39 bits per heavy atom. The SMILES string of the molecule is C=CC(=O)N1C[C@@H](n2nc(C#Cc3cc4ncn([C@H]5CC5(F)F)c4cc3Cl)c(C(N)=O)c2NC)C[C@@H]1CO. The number of fused-ring (bicyclic) bond motifs is 1. The molecule has 2 amide bonds. The fourth-order valence-electron chi connectivity index (χ4n) is 4.91. The van der Waals surface area contributed by atoms with Crippen molar-refractivity contribution in [3.63, 3.8) is 0 Å². The van der Waals surface area contributed by atoms with Gasteiger partial charge in [-0.05, 0) is 30.6 Å². The van der Waals surface area contributed by atoms with E-state index in [9.17, 15) is 23.5 Å². The number of benzene rings is 1. The lowest BCUT2D eigenvalue weighted by atomic mass is 10.1. The van der Waals surface area contributed by atoms with E-state index in [-0.39, 0.29) is 47.8 Å². The predicted octanol–water partition coefficient (Wildman–Crippen LogP) is 2.33. The standard InChI is InChI=1S/C25H24ClF2N7O3/c1-3-21(37)33-10-14(7-15(33)11-36)35-24(30-2)22(23(29)38)17(32-35)5-4-13-6-18-19(8-16(13)26)34(12-31-18)20-9-25(20,27)28/h3,6,8,12,14-15,20,30,36H,1,7,9-11H2,2H3,(H2,29,38)/t14-,15+,20-/m0/s1. The van der Waals surface area contributed by atoms with Crippen LogP contribution in [0.15, 0.2) is 31.1 Å². The first-order chi connectivity index (χ1) is 18.1. The molecule has 13 heteroatoms. The number of carbonyl (C=O) groups excluding carboxylic acids is 2. The molecule has 2 fully saturated rings. The molecule has 3 aromatic rings. The number of aromatic nitrogens is 4. The second-order valence-corrected chi connectivity index (χ2v) is 9.66. The highest BCUT2D eigenvalue weighted by Crippen LogP contribution is 2.53. The van der Waals surface area contributed by atoms with Crippen molar-refractivity contribution in [3.05, 3.63) is 53.0 Å². The minimum absolute atomic E-state index is 0.0616. The zero-order valence-electron chi connectivity index (χ0n) is 20.3. The van der Waals surface area contributed by atoms with Gasteiger partial charge >= 0.3 is 0 Å². The maximum atomic E-state index is 13.6. The third-order valence-corrected chi connectivity index (χ3v) is 7.22.